The first-order valence-electron chi connectivity index (χ1n) is 6.99. The predicted molar refractivity (Wildman–Crippen MR) is 74.9 cm³/mol. The van der Waals surface area contributed by atoms with Gasteiger partial charge < -0.3 is 19.5 Å². The summed E-state index contributed by atoms with van der Waals surface area (Å²) in [7, 11) is 1.75. The van der Waals surface area contributed by atoms with Gasteiger partial charge in [-0.3, -0.25) is 0 Å². The van der Waals surface area contributed by atoms with Gasteiger partial charge >= 0.3 is 0 Å². The summed E-state index contributed by atoms with van der Waals surface area (Å²) in [6.45, 7) is 3.99. The smallest absolute Gasteiger partial charge is 0.165 e. The van der Waals surface area contributed by atoms with E-state index in [9.17, 15) is 0 Å². The highest BCUT2D eigenvalue weighted by Gasteiger charge is 2.14. The van der Waals surface area contributed by atoms with Gasteiger partial charge in [-0.1, -0.05) is 12.1 Å². The Balaban J connectivity index is 1.71. The van der Waals surface area contributed by atoms with Gasteiger partial charge in [0.2, 0.25) is 0 Å². The lowest BCUT2D eigenvalue weighted by Gasteiger charge is -2.21. The minimum Gasteiger partial charge on any atom is -0.486 e. The van der Waals surface area contributed by atoms with E-state index >= 15 is 0 Å². The van der Waals surface area contributed by atoms with Crippen LogP contribution in [0.3, 0.4) is 0 Å². The number of hydrogen-bond acceptors (Lipinski definition) is 4. The van der Waals surface area contributed by atoms with E-state index < -0.39 is 0 Å². The van der Waals surface area contributed by atoms with E-state index in [1.54, 1.807) is 7.11 Å². The molecule has 0 amide bonds. The molecule has 0 saturated heterocycles. The van der Waals surface area contributed by atoms with Crippen LogP contribution in [0.1, 0.15) is 24.8 Å². The van der Waals surface area contributed by atoms with Crippen molar-refractivity contribution >= 4 is 0 Å². The van der Waals surface area contributed by atoms with Gasteiger partial charge in [-0.05, 0) is 31.9 Å². The maximum Gasteiger partial charge on any atom is 0.165 e. The van der Waals surface area contributed by atoms with Crippen molar-refractivity contribution < 1.29 is 14.2 Å². The fraction of sp³-hybridized carbons (Fsp3) is 0.600. The van der Waals surface area contributed by atoms with Crippen LogP contribution in [0.4, 0.5) is 0 Å². The Morgan fingerprint density at radius 1 is 1.16 bits per heavy atom. The highest BCUT2D eigenvalue weighted by Crippen LogP contribution is 2.33. The topological polar surface area (TPSA) is 39.7 Å². The first-order valence-corrected chi connectivity index (χ1v) is 6.99. The number of methoxy groups -OCH3 is 1. The van der Waals surface area contributed by atoms with E-state index in [0.29, 0.717) is 13.2 Å². The normalized spacial score (nSPS) is 13.5. The van der Waals surface area contributed by atoms with Crippen LogP contribution < -0.4 is 14.8 Å². The van der Waals surface area contributed by atoms with Gasteiger partial charge in [-0.15, -0.1) is 0 Å². The number of para-hydroxylation sites is 1. The van der Waals surface area contributed by atoms with Crippen LogP contribution in [0.2, 0.25) is 0 Å². The average Bonchev–Trinajstić information content (AvgIpc) is 2.46. The number of fused-ring (bicyclic) bond motifs is 1. The van der Waals surface area contributed by atoms with Crippen LogP contribution in [-0.2, 0) is 11.3 Å². The third kappa shape index (κ3) is 4.40. The van der Waals surface area contributed by atoms with Crippen molar-refractivity contribution in [3.05, 3.63) is 23.8 Å². The molecule has 0 bridgehead atoms. The number of ether oxygens (including phenoxy) is 3. The summed E-state index contributed by atoms with van der Waals surface area (Å²) in [4.78, 5) is 0. The zero-order valence-electron chi connectivity index (χ0n) is 11.6. The van der Waals surface area contributed by atoms with Crippen molar-refractivity contribution in [3.8, 4) is 11.5 Å². The monoisotopic (exact) mass is 265 g/mol. The SMILES string of the molecule is COCCCCCNCc1cccc2c1OCCO2. The van der Waals surface area contributed by atoms with Gasteiger partial charge in [0.25, 0.3) is 0 Å². The molecular weight excluding hydrogens is 242 g/mol. The number of rotatable bonds is 8. The fourth-order valence-electron chi connectivity index (χ4n) is 2.17. The van der Waals surface area contributed by atoms with Crippen LogP contribution in [0.15, 0.2) is 18.2 Å². The lowest BCUT2D eigenvalue weighted by Crippen LogP contribution is -2.19. The van der Waals surface area contributed by atoms with Crippen molar-refractivity contribution in [1.29, 1.82) is 0 Å². The zero-order valence-corrected chi connectivity index (χ0v) is 11.6. The van der Waals surface area contributed by atoms with Gasteiger partial charge in [0.1, 0.15) is 13.2 Å². The van der Waals surface area contributed by atoms with Gasteiger partial charge in [-0.2, -0.15) is 0 Å². The molecular formula is C15H23NO3. The molecule has 0 spiro atoms. The predicted octanol–water partition coefficient (Wildman–Crippen LogP) is 2.36. The van der Waals surface area contributed by atoms with Gasteiger partial charge in [0, 0.05) is 25.8 Å². The molecule has 0 unspecified atom stereocenters. The van der Waals surface area contributed by atoms with E-state index in [0.717, 1.165) is 37.6 Å². The average molecular weight is 265 g/mol. The first-order chi connectivity index (χ1) is 9.42. The van der Waals surface area contributed by atoms with E-state index in [-0.39, 0.29) is 0 Å². The van der Waals surface area contributed by atoms with E-state index in [2.05, 4.69) is 11.4 Å². The number of hydrogen-bond donors (Lipinski definition) is 1. The number of nitrogens with one attached hydrogen (secondary N) is 1. The van der Waals surface area contributed by atoms with Gasteiger partial charge in [0.05, 0.1) is 0 Å². The molecule has 19 heavy (non-hydrogen) atoms. The fourth-order valence-corrected chi connectivity index (χ4v) is 2.17. The van der Waals surface area contributed by atoms with Crippen LogP contribution >= 0.6 is 0 Å². The standard InChI is InChI=1S/C15H23NO3/c1-17-9-4-2-3-8-16-12-13-6-5-7-14-15(13)19-11-10-18-14/h5-7,16H,2-4,8-12H2,1H3. The molecule has 0 fully saturated rings. The Morgan fingerprint density at radius 3 is 2.95 bits per heavy atom. The Bertz CT molecular complexity index is 382. The molecule has 0 saturated carbocycles. The van der Waals surface area contributed by atoms with Crippen LogP contribution in [0.5, 0.6) is 11.5 Å². The number of unbranched alkanes of at least 4 members (excludes halogenated alkanes) is 2. The van der Waals surface area contributed by atoms with Crippen molar-refractivity contribution in [1.82, 2.24) is 5.32 Å². The molecule has 1 N–H and O–H groups in total. The van der Waals surface area contributed by atoms with E-state index in [4.69, 9.17) is 14.2 Å². The third-order valence-corrected chi connectivity index (χ3v) is 3.17. The maximum atomic E-state index is 5.68. The molecule has 0 radical (unpaired) electrons. The summed E-state index contributed by atoms with van der Waals surface area (Å²) in [5.41, 5.74) is 1.18. The summed E-state index contributed by atoms with van der Waals surface area (Å²) < 4.78 is 16.3. The Kier molecular flexibility index (Phi) is 5.98. The van der Waals surface area contributed by atoms with Gasteiger partial charge in [0.15, 0.2) is 11.5 Å². The summed E-state index contributed by atoms with van der Waals surface area (Å²) in [5, 5.41) is 3.45. The lowest BCUT2D eigenvalue weighted by atomic mass is 10.1. The van der Waals surface area contributed by atoms with Crippen LogP contribution in [0, 0.1) is 0 Å². The second-order valence-corrected chi connectivity index (χ2v) is 4.67. The molecule has 106 valence electrons. The largest absolute Gasteiger partial charge is 0.486 e. The molecule has 1 aliphatic rings. The third-order valence-electron chi connectivity index (χ3n) is 3.17. The highest BCUT2D eigenvalue weighted by atomic mass is 16.6. The van der Waals surface area contributed by atoms with Crippen LogP contribution in [0.25, 0.3) is 0 Å². The van der Waals surface area contributed by atoms with Crippen molar-refractivity contribution in [2.75, 3.05) is 33.5 Å². The van der Waals surface area contributed by atoms with E-state index in [1.165, 1.54) is 18.4 Å². The number of benzene rings is 1. The van der Waals surface area contributed by atoms with Crippen molar-refractivity contribution in [3.63, 3.8) is 0 Å². The highest BCUT2D eigenvalue weighted by molar-refractivity contribution is 5.47. The second kappa shape index (κ2) is 8.02. The Morgan fingerprint density at radius 2 is 2.05 bits per heavy atom. The van der Waals surface area contributed by atoms with Gasteiger partial charge in [-0.25, -0.2) is 0 Å². The molecule has 1 aliphatic heterocycles. The quantitative estimate of drug-likeness (QED) is 0.733. The lowest BCUT2D eigenvalue weighted by molar-refractivity contribution is 0.169. The summed E-state index contributed by atoms with van der Waals surface area (Å²) in [5.74, 6) is 1.77. The molecule has 0 atom stereocenters. The van der Waals surface area contributed by atoms with Crippen molar-refractivity contribution in [2.24, 2.45) is 0 Å². The first kappa shape index (κ1) is 14.2. The maximum absolute atomic E-state index is 5.68. The molecule has 1 aromatic carbocycles. The molecule has 4 heteroatoms. The molecule has 1 heterocycles. The van der Waals surface area contributed by atoms with Crippen LogP contribution in [-0.4, -0.2) is 33.5 Å². The molecule has 0 aliphatic carbocycles. The van der Waals surface area contributed by atoms with Crippen molar-refractivity contribution in [2.45, 2.75) is 25.8 Å². The molecule has 2 rings (SSSR count). The second-order valence-electron chi connectivity index (χ2n) is 4.67. The Labute approximate surface area is 115 Å². The molecule has 4 nitrogen and oxygen atoms in total. The zero-order chi connectivity index (χ0) is 13.3. The minimum absolute atomic E-state index is 0.640. The molecule has 0 aromatic heterocycles. The summed E-state index contributed by atoms with van der Waals surface area (Å²) >= 11 is 0. The summed E-state index contributed by atoms with van der Waals surface area (Å²) in [6, 6.07) is 6.07. The minimum atomic E-state index is 0.640. The molecule has 1 aromatic rings. The Hall–Kier alpha value is -1.26. The summed E-state index contributed by atoms with van der Waals surface area (Å²) in [6.07, 6.45) is 3.51. The van der Waals surface area contributed by atoms with E-state index in [1.807, 2.05) is 12.1 Å².